The van der Waals surface area contributed by atoms with Gasteiger partial charge < -0.3 is 0 Å². The molecule has 22 heavy (non-hydrogen) atoms. The standard InChI is InChI=1S/C22H13/c1-2-8-21-16-17(12-14-18(21)6-1)13-15-20-10-5-9-19-7-3-4-11-22(19)20/h1-7,9-12,14,16H. The highest BCUT2D eigenvalue weighted by Crippen LogP contribution is 2.18. The lowest BCUT2D eigenvalue weighted by Gasteiger charge is -2.00. The van der Waals surface area contributed by atoms with E-state index < -0.39 is 0 Å². The van der Waals surface area contributed by atoms with Gasteiger partial charge in [-0.15, -0.1) is 0 Å². The number of fused-ring (bicyclic) bond motifs is 2. The van der Waals surface area contributed by atoms with Crippen LogP contribution in [0.3, 0.4) is 0 Å². The summed E-state index contributed by atoms with van der Waals surface area (Å²) in [5, 5.41) is 4.72. The molecule has 4 aromatic rings. The summed E-state index contributed by atoms with van der Waals surface area (Å²) in [5.41, 5.74) is 2.08. The Morgan fingerprint density at radius 2 is 1.55 bits per heavy atom. The van der Waals surface area contributed by atoms with Crippen molar-refractivity contribution in [1.29, 1.82) is 0 Å². The zero-order chi connectivity index (χ0) is 14.8. The van der Waals surface area contributed by atoms with E-state index in [0.717, 1.165) is 16.5 Å². The summed E-state index contributed by atoms with van der Waals surface area (Å²) in [5.74, 6) is 6.58. The Balaban J connectivity index is 1.80. The summed E-state index contributed by atoms with van der Waals surface area (Å²) < 4.78 is 0. The smallest absolute Gasteiger partial charge is 0.0327 e. The molecule has 0 heteroatoms. The first kappa shape index (κ1) is 12.7. The van der Waals surface area contributed by atoms with Gasteiger partial charge in [0.25, 0.3) is 0 Å². The average molecular weight is 277 g/mol. The summed E-state index contributed by atoms with van der Waals surface area (Å²) in [6.07, 6.45) is 0. The van der Waals surface area contributed by atoms with Crippen LogP contribution < -0.4 is 0 Å². The molecule has 0 aromatic heterocycles. The molecule has 0 spiro atoms. The molecular formula is C22H13. The lowest BCUT2D eigenvalue weighted by atomic mass is 10.0. The van der Waals surface area contributed by atoms with E-state index in [9.17, 15) is 0 Å². The van der Waals surface area contributed by atoms with Crippen molar-refractivity contribution in [3.63, 3.8) is 0 Å². The van der Waals surface area contributed by atoms with Crippen LogP contribution in [-0.4, -0.2) is 0 Å². The maximum absolute atomic E-state index is 3.30. The molecule has 0 aliphatic carbocycles. The monoisotopic (exact) mass is 277 g/mol. The molecule has 101 valence electrons. The summed E-state index contributed by atoms with van der Waals surface area (Å²) >= 11 is 0. The van der Waals surface area contributed by atoms with Crippen LogP contribution in [0.15, 0.2) is 78.9 Å². The third kappa shape index (κ3) is 2.34. The number of rotatable bonds is 0. The average Bonchev–Trinajstić information content (AvgIpc) is 2.60. The second kappa shape index (κ2) is 5.39. The van der Waals surface area contributed by atoms with Crippen LogP contribution in [0.2, 0.25) is 0 Å². The second-order valence-corrected chi connectivity index (χ2v) is 5.25. The van der Waals surface area contributed by atoms with Crippen molar-refractivity contribution in [2.75, 3.05) is 0 Å². The van der Waals surface area contributed by atoms with Gasteiger partial charge in [0.2, 0.25) is 0 Å². The largest absolute Gasteiger partial charge is 0.0616 e. The zero-order valence-electron chi connectivity index (χ0n) is 12.0. The Hall–Kier alpha value is -3.04. The Morgan fingerprint density at radius 1 is 0.682 bits per heavy atom. The fraction of sp³-hybridized carbons (Fsp3) is 0. The van der Waals surface area contributed by atoms with Crippen molar-refractivity contribution < 1.29 is 0 Å². The highest BCUT2D eigenvalue weighted by molar-refractivity contribution is 5.88. The van der Waals surface area contributed by atoms with Gasteiger partial charge in [0.05, 0.1) is 0 Å². The van der Waals surface area contributed by atoms with Crippen LogP contribution in [0.4, 0.5) is 0 Å². The van der Waals surface area contributed by atoms with Crippen molar-refractivity contribution in [3.05, 3.63) is 96.1 Å². The SMILES string of the molecule is C(#Cc1cccc2ccccc12)c1ccc2ccc[c]c2c1. The molecule has 0 saturated carbocycles. The van der Waals surface area contributed by atoms with Crippen LogP contribution >= 0.6 is 0 Å². The predicted molar refractivity (Wildman–Crippen MR) is 92.7 cm³/mol. The highest BCUT2D eigenvalue weighted by atomic mass is 14.0. The molecular weight excluding hydrogens is 264 g/mol. The lowest BCUT2D eigenvalue weighted by molar-refractivity contribution is 1.67. The van der Waals surface area contributed by atoms with E-state index >= 15 is 0 Å². The molecule has 0 aliphatic rings. The Bertz CT molecular complexity index is 1020. The molecule has 0 N–H and O–H groups in total. The molecule has 0 nitrogen and oxygen atoms in total. The molecule has 4 rings (SSSR count). The van der Waals surface area contributed by atoms with Gasteiger partial charge in [-0.1, -0.05) is 72.5 Å². The quantitative estimate of drug-likeness (QED) is 0.388. The van der Waals surface area contributed by atoms with Gasteiger partial charge in [0.15, 0.2) is 0 Å². The first-order valence-electron chi connectivity index (χ1n) is 7.30. The molecule has 0 aliphatic heterocycles. The van der Waals surface area contributed by atoms with E-state index in [2.05, 4.69) is 84.6 Å². The number of benzene rings is 4. The van der Waals surface area contributed by atoms with Gasteiger partial charge in [-0.3, -0.25) is 0 Å². The minimum Gasteiger partial charge on any atom is -0.0616 e. The number of hydrogen-bond acceptors (Lipinski definition) is 0. The normalized spacial score (nSPS) is 10.4. The summed E-state index contributed by atoms with van der Waals surface area (Å²) in [4.78, 5) is 0. The third-order valence-electron chi connectivity index (χ3n) is 3.80. The first-order chi connectivity index (χ1) is 10.9. The van der Waals surface area contributed by atoms with Crippen molar-refractivity contribution in [2.45, 2.75) is 0 Å². The molecule has 0 bridgehead atoms. The van der Waals surface area contributed by atoms with Crippen molar-refractivity contribution in [2.24, 2.45) is 0 Å². The summed E-state index contributed by atoms with van der Waals surface area (Å²) in [6, 6.07) is 30.1. The fourth-order valence-corrected chi connectivity index (χ4v) is 2.67. The maximum Gasteiger partial charge on any atom is 0.0327 e. The minimum absolute atomic E-state index is 1.02. The summed E-state index contributed by atoms with van der Waals surface area (Å²) in [6.45, 7) is 0. The third-order valence-corrected chi connectivity index (χ3v) is 3.80. The molecule has 4 aromatic carbocycles. The molecule has 0 fully saturated rings. The molecule has 0 amide bonds. The maximum atomic E-state index is 3.30. The van der Waals surface area contributed by atoms with E-state index in [-0.39, 0.29) is 0 Å². The van der Waals surface area contributed by atoms with Crippen molar-refractivity contribution >= 4 is 21.5 Å². The van der Waals surface area contributed by atoms with Gasteiger partial charge in [-0.2, -0.15) is 0 Å². The topological polar surface area (TPSA) is 0 Å². The van der Waals surface area contributed by atoms with Gasteiger partial charge in [0.1, 0.15) is 0 Å². The Morgan fingerprint density at radius 3 is 2.55 bits per heavy atom. The van der Waals surface area contributed by atoms with Crippen LogP contribution in [0.5, 0.6) is 0 Å². The van der Waals surface area contributed by atoms with Crippen LogP contribution in [-0.2, 0) is 0 Å². The fourth-order valence-electron chi connectivity index (χ4n) is 2.67. The highest BCUT2D eigenvalue weighted by Gasteiger charge is 1.97. The van der Waals surface area contributed by atoms with E-state index in [1.165, 1.54) is 16.2 Å². The van der Waals surface area contributed by atoms with Gasteiger partial charge >= 0.3 is 0 Å². The first-order valence-corrected chi connectivity index (χ1v) is 7.30. The Kier molecular flexibility index (Phi) is 3.11. The van der Waals surface area contributed by atoms with Crippen molar-refractivity contribution in [3.8, 4) is 11.8 Å². The molecule has 0 atom stereocenters. The minimum atomic E-state index is 1.02. The molecule has 1 radical (unpaired) electrons. The van der Waals surface area contributed by atoms with Crippen molar-refractivity contribution in [1.82, 2.24) is 0 Å². The Labute approximate surface area is 130 Å². The van der Waals surface area contributed by atoms with Crippen LogP contribution in [0, 0.1) is 17.9 Å². The predicted octanol–water partition coefficient (Wildman–Crippen LogP) is 5.19. The van der Waals surface area contributed by atoms with E-state index in [4.69, 9.17) is 0 Å². The molecule has 0 heterocycles. The second-order valence-electron chi connectivity index (χ2n) is 5.25. The number of hydrogen-bond donors (Lipinski definition) is 0. The zero-order valence-corrected chi connectivity index (χ0v) is 12.0. The van der Waals surface area contributed by atoms with Crippen LogP contribution in [0.25, 0.3) is 21.5 Å². The van der Waals surface area contributed by atoms with E-state index in [1.54, 1.807) is 0 Å². The van der Waals surface area contributed by atoms with Gasteiger partial charge in [-0.25, -0.2) is 0 Å². The lowest BCUT2D eigenvalue weighted by Crippen LogP contribution is -1.80. The van der Waals surface area contributed by atoms with E-state index in [0.29, 0.717) is 0 Å². The van der Waals surface area contributed by atoms with Crippen LogP contribution in [0.1, 0.15) is 11.1 Å². The summed E-state index contributed by atoms with van der Waals surface area (Å²) in [7, 11) is 0. The molecule has 0 saturated heterocycles. The van der Waals surface area contributed by atoms with E-state index in [1.807, 2.05) is 12.1 Å². The molecule has 0 unspecified atom stereocenters. The van der Waals surface area contributed by atoms with Gasteiger partial charge in [0, 0.05) is 11.1 Å². The van der Waals surface area contributed by atoms with Gasteiger partial charge in [-0.05, 0) is 45.8 Å².